The highest BCUT2D eigenvalue weighted by Gasteiger charge is 2.12. The Hall–Kier alpha value is -1.02. The van der Waals surface area contributed by atoms with E-state index in [1.165, 1.54) is 5.56 Å². The van der Waals surface area contributed by atoms with Gasteiger partial charge in [-0.25, -0.2) is 0 Å². The fourth-order valence-corrected chi connectivity index (χ4v) is 1.67. The first-order valence-corrected chi connectivity index (χ1v) is 6.82. The zero-order chi connectivity index (χ0) is 13.6. The molecule has 102 valence electrons. The van der Waals surface area contributed by atoms with E-state index >= 15 is 0 Å². The van der Waals surface area contributed by atoms with Gasteiger partial charge in [-0.05, 0) is 29.0 Å². The molecular formula is C16H27NO. The lowest BCUT2D eigenvalue weighted by Gasteiger charge is -2.19. The topological polar surface area (TPSA) is 21.3 Å². The lowest BCUT2D eigenvalue weighted by Crippen LogP contribution is -2.13. The molecule has 0 heterocycles. The van der Waals surface area contributed by atoms with Crippen LogP contribution < -0.4 is 5.32 Å². The molecule has 1 rings (SSSR count). The minimum Gasteiger partial charge on any atom is -0.383 e. The largest absolute Gasteiger partial charge is 0.383 e. The van der Waals surface area contributed by atoms with Crippen molar-refractivity contribution in [2.24, 2.45) is 5.92 Å². The molecule has 0 fully saturated rings. The van der Waals surface area contributed by atoms with Crippen molar-refractivity contribution in [3.63, 3.8) is 0 Å². The lowest BCUT2D eigenvalue weighted by atomic mass is 9.87. The highest BCUT2D eigenvalue weighted by Crippen LogP contribution is 2.23. The van der Waals surface area contributed by atoms with E-state index in [1.807, 2.05) is 0 Å². The molecule has 0 aliphatic carbocycles. The predicted octanol–water partition coefficient (Wildman–Crippen LogP) is 4.07. The van der Waals surface area contributed by atoms with Crippen LogP contribution in [-0.2, 0) is 10.2 Å². The summed E-state index contributed by atoms with van der Waals surface area (Å²) in [4.78, 5) is 0. The van der Waals surface area contributed by atoms with Crippen molar-refractivity contribution in [1.82, 2.24) is 0 Å². The Morgan fingerprint density at radius 1 is 1.11 bits per heavy atom. The third-order valence-corrected chi connectivity index (χ3v) is 2.78. The standard InChI is InChI=1S/C16H27NO/c1-13(2)12-18-11-10-17-15-8-6-14(7-9-15)16(3,4)5/h6-9,13,17H,10-12H2,1-5H3. The molecule has 1 aromatic carbocycles. The highest BCUT2D eigenvalue weighted by atomic mass is 16.5. The lowest BCUT2D eigenvalue weighted by molar-refractivity contribution is 0.118. The maximum Gasteiger partial charge on any atom is 0.0639 e. The summed E-state index contributed by atoms with van der Waals surface area (Å²) in [6.45, 7) is 13.5. The molecule has 0 unspecified atom stereocenters. The van der Waals surface area contributed by atoms with Crippen molar-refractivity contribution < 1.29 is 4.74 Å². The van der Waals surface area contributed by atoms with Crippen molar-refractivity contribution in [2.45, 2.75) is 40.0 Å². The fraction of sp³-hybridized carbons (Fsp3) is 0.625. The van der Waals surface area contributed by atoms with Gasteiger partial charge in [0.1, 0.15) is 0 Å². The van der Waals surface area contributed by atoms with Crippen LogP contribution >= 0.6 is 0 Å². The molecule has 0 saturated heterocycles. The van der Waals surface area contributed by atoms with Crippen LogP contribution in [0.2, 0.25) is 0 Å². The number of hydrogen-bond acceptors (Lipinski definition) is 2. The number of hydrogen-bond donors (Lipinski definition) is 1. The summed E-state index contributed by atoms with van der Waals surface area (Å²) in [6.07, 6.45) is 0. The predicted molar refractivity (Wildman–Crippen MR) is 79.3 cm³/mol. The number of ether oxygens (including phenoxy) is 1. The van der Waals surface area contributed by atoms with Gasteiger partial charge in [-0.2, -0.15) is 0 Å². The first-order chi connectivity index (χ1) is 8.39. The van der Waals surface area contributed by atoms with Crippen LogP contribution in [0.5, 0.6) is 0 Å². The third-order valence-electron chi connectivity index (χ3n) is 2.78. The van der Waals surface area contributed by atoms with Crippen molar-refractivity contribution in [2.75, 3.05) is 25.1 Å². The first-order valence-electron chi connectivity index (χ1n) is 6.82. The maximum absolute atomic E-state index is 5.53. The molecule has 18 heavy (non-hydrogen) atoms. The Morgan fingerprint density at radius 3 is 2.22 bits per heavy atom. The first kappa shape index (κ1) is 15.0. The van der Waals surface area contributed by atoms with Crippen molar-refractivity contribution in [1.29, 1.82) is 0 Å². The van der Waals surface area contributed by atoms with E-state index in [0.29, 0.717) is 5.92 Å². The van der Waals surface area contributed by atoms with Crippen molar-refractivity contribution >= 4 is 5.69 Å². The molecule has 0 saturated carbocycles. The van der Waals surface area contributed by atoms with Gasteiger partial charge in [0, 0.05) is 18.8 Å². The second-order valence-corrected chi connectivity index (χ2v) is 6.22. The Morgan fingerprint density at radius 2 is 1.72 bits per heavy atom. The Bertz CT molecular complexity index is 335. The summed E-state index contributed by atoms with van der Waals surface area (Å²) in [5, 5.41) is 3.37. The van der Waals surface area contributed by atoms with Gasteiger partial charge < -0.3 is 10.1 Å². The van der Waals surface area contributed by atoms with Gasteiger partial charge in [0.25, 0.3) is 0 Å². The molecule has 0 aliphatic rings. The zero-order valence-corrected chi connectivity index (χ0v) is 12.4. The van der Waals surface area contributed by atoms with Crippen LogP contribution in [0.1, 0.15) is 40.2 Å². The normalized spacial score (nSPS) is 11.9. The third kappa shape index (κ3) is 5.54. The van der Waals surface area contributed by atoms with E-state index in [-0.39, 0.29) is 5.41 Å². The molecule has 0 radical (unpaired) electrons. The van der Waals surface area contributed by atoms with Crippen LogP contribution in [0.25, 0.3) is 0 Å². The second kappa shape index (κ2) is 6.79. The summed E-state index contributed by atoms with van der Waals surface area (Å²) >= 11 is 0. The van der Waals surface area contributed by atoms with E-state index < -0.39 is 0 Å². The average molecular weight is 249 g/mol. The van der Waals surface area contributed by atoms with Gasteiger partial charge in [-0.15, -0.1) is 0 Å². The molecule has 1 N–H and O–H groups in total. The smallest absolute Gasteiger partial charge is 0.0639 e. The van der Waals surface area contributed by atoms with Crippen LogP contribution in [0.4, 0.5) is 5.69 Å². The molecule has 0 amide bonds. The Labute approximate surface area is 112 Å². The van der Waals surface area contributed by atoms with Crippen LogP contribution in [0, 0.1) is 5.92 Å². The average Bonchev–Trinajstić information content (AvgIpc) is 2.27. The van der Waals surface area contributed by atoms with Crippen LogP contribution in [0.3, 0.4) is 0 Å². The Balaban J connectivity index is 2.31. The molecule has 0 aromatic heterocycles. The van der Waals surface area contributed by atoms with Gasteiger partial charge in [-0.3, -0.25) is 0 Å². The molecule has 0 spiro atoms. The van der Waals surface area contributed by atoms with Crippen molar-refractivity contribution in [3.05, 3.63) is 29.8 Å². The van der Waals surface area contributed by atoms with Gasteiger partial charge in [-0.1, -0.05) is 46.8 Å². The quantitative estimate of drug-likeness (QED) is 0.767. The van der Waals surface area contributed by atoms with Gasteiger partial charge >= 0.3 is 0 Å². The van der Waals surface area contributed by atoms with Gasteiger partial charge in [0.15, 0.2) is 0 Å². The molecule has 0 bridgehead atoms. The second-order valence-electron chi connectivity index (χ2n) is 6.22. The van der Waals surface area contributed by atoms with E-state index in [2.05, 4.69) is 64.2 Å². The van der Waals surface area contributed by atoms with Crippen LogP contribution in [0.15, 0.2) is 24.3 Å². The van der Waals surface area contributed by atoms with E-state index in [0.717, 1.165) is 25.4 Å². The number of anilines is 1. The zero-order valence-electron chi connectivity index (χ0n) is 12.4. The highest BCUT2D eigenvalue weighted by molar-refractivity contribution is 5.45. The maximum atomic E-state index is 5.53. The van der Waals surface area contributed by atoms with Gasteiger partial charge in [0.05, 0.1) is 6.61 Å². The summed E-state index contributed by atoms with van der Waals surface area (Å²) in [6, 6.07) is 8.67. The van der Waals surface area contributed by atoms with Gasteiger partial charge in [0.2, 0.25) is 0 Å². The van der Waals surface area contributed by atoms with Crippen LogP contribution in [-0.4, -0.2) is 19.8 Å². The SMILES string of the molecule is CC(C)COCCNc1ccc(C(C)(C)C)cc1. The molecule has 2 nitrogen and oxygen atoms in total. The number of nitrogens with one attached hydrogen (secondary N) is 1. The monoisotopic (exact) mass is 249 g/mol. The summed E-state index contributed by atoms with van der Waals surface area (Å²) in [7, 11) is 0. The molecule has 0 atom stereocenters. The molecule has 2 heteroatoms. The minimum absolute atomic E-state index is 0.221. The van der Waals surface area contributed by atoms with Crippen molar-refractivity contribution in [3.8, 4) is 0 Å². The Kier molecular flexibility index (Phi) is 5.67. The summed E-state index contributed by atoms with van der Waals surface area (Å²) < 4.78 is 5.53. The number of benzene rings is 1. The van der Waals surface area contributed by atoms with E-state index in [1.54, 1.807) is 0 Å². The molecular weight excluding hydrogens is 222 g/mol. The molecule has 0 aliphatic heterocycles. The fourth-order valence-electron chi connectivity index (χ4n) is 1.67. The number of rotatable bonds is 6. The van der Waals surface area contributed by atoms with E-state index in [4.69, 9.17) is 4.74 Å². The van der Waals surface area contributed by atoms with E-state index in [9.17, 15) is 0 Å². The summed E-state index contributed by atoms with van der Waals surface area (Å²) in [5.74, 6) is 0.607. The molecule has 1 aromatic rings. The summed E-state index contributed by atoms with van der Waals surface area (Å²) in [5.41, 5.74) is 2.75. The minimum atomic E-state index is 0.221.